The van der Waals surface area contributed by atoms with Crippen molar-refractivity contribution in [2.75, 3.05) is 7.05 Å². The van der Waals surface area contributed by atoms with Gasteiger partial charge in [0.25, 0.3) is 0 Å². The van der Waals surface area contributed by atoms with Gasteiger partial charge in [0, 0.05) is 47.7 Å². The molecule has 6 heteroatoms. The highest BCUT2D eigenvalue weighted by molar-refractivity contribution is 6.08. The predicted molar refractivity (Wildman–Crippen MR) is 204 cm³/mol. The summed E-state index contributed by atoms with van der Waals surface area (Å²) in [7, 11) is 2.12. The highest BCUT2D eigenvalue weighted by Crippen LogP contribution is 2.37. The molecule has 242 valence electrons. The lowest BCUT2D eigenvalue weighted by Crippen LogP contribution is -2.39. The van der Waals surface area contributed by atoms with Crippen molar-refractivity contribution in [1.82, 2.24) is 19.9 Å². The van der Waals surface area contributed by atoms with Crippen molar-refractivity contribution in [3.05, 3.63) is 175 Å². The molecule has 4 aromatic carbocycles. The van der Waals surface area contributed by atoms with E-state index in [1.54, 1.807) is 18.6 Å². The van der Waals surface area contributed by atoms with Crippen LogP contribution in [-0.2, 0) is 0 Å². The second-order valence-corrected chi connectivity index (χ2v) is 12.7. The summed E-state index contributed by atoms with van der Waals surface area (Å²) in [6.45, 7) is 2.02. The number of benzene rings is 4. The lowest BCUT2D eigenvalue weighted by atomic mass is 9.92. The summed E-state index contributed by atoms with van der Waals surface area (Å²) in [4.78, 5) is 26.2. The maximum atomic E-state index is 5.32. The van der Waals surface area contributed by atoms with Crippen molar-refractivity contribution in [2.45, 2.75) is 19.5 Å². The zero-order valence-electron chi connectivity index (χ0n) is 28.1. The Morgan fingerprint density at radius 1 is 0.640 bits per heavy atom. The Balaban J connectivity index is 1.24. The van der Waals surface area contributed by atoms with Crippen LogP contribution in [0.4, 0.5) is 0 Å². The van der Waals surface area contributed by atoms with Crippen LogP contribution in [0.5, 0.6) is 0 Å². The molecule has 0 radical (unpaired) electrons. The van der Waals surface area contributed by atoms with Crippen LogP contribution in [0.25, 0.3) is 44.8 Å². The molecule has 8 rings (SSSR count). The molecular weight excluding hydrogens is 613 g/mol. The highest BCUT2D eigenvalue weighted by atomic mass is 15.3. The number of aliphatic imine (C=N–C) groups is 2. The predicted octanol–water partition coefficient (Wildman–Crippen LogP) is 9.77. The maximum absolute atomic E-state index is 5.32. The monoisotopic (exact) mass is 648 g/mol. The molecule has 0 bridgehead atoms. The minimum atomic E-state index is -0.273. The SMILES string of the molecule is Cc1cccc(-c2ccc(-c3cc(-c4ccc(-c5cnccn5)cc4)cc(C4N=C(c5ccccc5)N=C(C5C=CC=CC5)N4C)c3)cc2)n1. The molecule has 6 nitrogen and oxygen atoms in total. The van der Waals surface area contributed by atoms with Gasteiger partial charge in [-0.2, -0.15) is 0 Å². The molecular formula is C44H36N6. The molecule has 0 spiro atoms. The zero-order chi connectivity index (χ0) is 33.9. The summed E-state index contributed by atoms with van der Waals surface area (Å²) in [6.07, 6.45) is 14.5. The Hall–Kier alpha value is -6.27. The van der Waals surface area contributed by atoms with E-state index in [1.807, 2.05) is 31.2 Å². The van der Waals surface area contributed by atoms with Crippen LogP contribution in [0.15, 0.2) is 168 Å². The lowest BCUT2D eigenvalue weighted by molar-refractivity contribution is 0.366. The van der Waals surface area contributed by atoms with E-state index in [0.29, 0.717) is 0 Å². The van der Waals surface area contributed by atoms with Crippen LogP contribution in [0.1, 0.15) is 29.4 Å². The van der Waals surface area contributed by atoms with Gasteiger partial charge in [0.05, 0.1) is 17.6 Å². The van der Waals surface area contributed by atoms with Crippen LogP contribution in [-0.4, -0.2) is 38.6 Å². The minimum Gasteiger partial charge on any atom is -0.337 e. The van der Waals surface area contributed by atoms with E-state index >= 15 is 0 Å². The number of hydrogen-bond donors (Lipinski definition) is 0. The first kappa shape index (κ1) is 31.0. The fraction of sp³-hybridized carbons (Fsp3) is 0.114. The highest BCUT2D eigenvalue weighted by Gasteiger charge is 2.30. The fourth-order valence-corrected chi connectivity index (χ4v) is 6.64. The van der Waals surface area contributed by atoms with Crippen molar-refractivity contribution in [3.63, 3.8) is 0 Å². The number of nitrogens with zero attached hydrogens (tertiary/aromatic N) is 6. The van der Waals surface area contributed by atoms with Crippen LogP contribution >= 0.6 is 0 Å². The average Bonchev–Trinajstić information content (AvgIpc) is 3.19. The van der Waals surface area contributed by atoms with Crippen LogP contribution in [0.3, 0.4) is 0 Å². The van der Waals surface area contributed by atoms with Gasteiger partial charge in [0.1, 0.15) is 12.0 Å². The van der Waals surface area contributed by atoms with E-state index in [0.717, 1.165) is 79.7 Å². The second kappa shape index (κ2) is 13.7. The Morgan fingerprint density at radius 3 is 1.98 bits per heavy atom. The van der Waals surface area contributed by atoms with Gasteiger partial charge in [-0.05, 0) is 71.5 Å². The van der Waals surface area contributed by atoms with Crippen LogP contribution in [0.2, 0.25) is 0 Å². The molecule has 2 unspecified atom stereocenters. The Kier molecular flexibility index (Phi) is 8.49. The van der Waals surface area contributed by atoms with Gasteiger partial charge in [-0.25, -0.2) is 9.98 Å². The Bertz CT molecular complexity index is 2250. The summed E-state index contributed by atoms with van der Waals surface area (Å²) in [5, 5.41) is 0. The van der Waals surface area contributed by atoms with E-state index in [-0.39, 0.29) is 12.1 Å². The van der Waals surface area contributed by atoms with Crippen molar-refractivity contribution < 1.29 is 0 Å². The first-order valence-electron chi connectivity index (χ1n) is 16.9. The summed E-state index contributed by atoms with van der Waals surface area (Å²) in [5.74, 6) is 1.93. The van der Waals surface area contributed by atoms with Gasteiger partial charge in [-0.1, -0.05) is 109 Å². The fourth-order valence-electron chi connectivity index (χ4n) is 6.64. The number of pyridine rings is 1. The quantitative estimate of drug-likeness (QED) is 0.173. The molecule has 0 amide bonds. The van der Waals surface area contributed by atoms with Gasteiger partial charge in [0.15, 0.2) is 5.84 Å². The normalized spacial score (nSPS) is 17.0. The van der Waals surface area contributed by atoms with Crippen molar-refractivity contribution in [1.29, 1.82) is 0 Å². The largest absolute Gasteiger partial charge is 0.337 e. The summed E-state index contributed by atoms with van der Waals surface area (Å²) < 4.78 is 0. The summed E-state index contributed by atoms with van der Waals surface area (Å²) in [5.41, 5.74) is 11.5. The summed E-state index contributed by atoms with van der Waals surface area (Å²) >= 11 is 0. The van der Waals surface area contributed by atoms with E-state index in [2.05, 4.69) is 137 Å². The zero-order valence-corrected chi connectivity index (χ0v) is 28.1. The molecule has 0 saturated heterocycles. The van der Waals surface area contributed by atoms with Crippen molar-refractivity contribution >= 4 is 11.7 Å². The third-order valence-electron chi connectivity index (χ3n) is 9.27. The number of amidine groups is 2. The maximum Gasteiger partial charge on any atom is 0.159 e. The molecule has 6 aromatic rings. The van der Waals surface area contributed by atoms with E-state index < -0.39 is 0 Å². The number of rotatable bonds is 7. The van der Waals surface area contributed by atoms with Crippen molar-refractivity contribution in [3.8, 4) is 44.8 Å². The molecule has 3 heterocycles. The molecule has 0 fully saturated rings. The molecule has 0 saturated carbocycles. The molecule has 2 aromatic heterocycles. The average molecular weight is 649 g/mol. The van der Waals surface area contributed by atoms with Crippen LogP contribution < -0.4 is 0 Å². The molecule has 1 aliphatic heterocycles. The van der Waals surface area contributed by atoms with Crippen LogP contribution in [0, 0.1) is 12.8 Å². The van der Waals surface area contributed by atoms with E-state index in [4.69, 9.17) is 15.0 Å². The number of hydrogen-bond acceptors (Lipinski definition) is 6. The second-order valence-electron chi connectivity index (χ2n) is 12.7. The topological polar surface area (TPSA) is 66.6 Å². The molecule has 2 atom stereocenters. The molecule has 0 N–H and O–H groups in total. The third kappa shape index (κ3) is 6.43. The van der Waals surface area contributed by atoms with Gasteiger partial charge in [-0.3, -0.25) is 15.0 Å². The van der Waals surface area contributed by atoms with E-state index in [9.17, 15) is 0 Å². The van der Waals surface area contributed by atoms with Gasteiger partial charge >= 0.3 is 0 Å². The number of allylic oxidation sites excluding steroid dienone is 3. The standard InChI is InChI=1S/C44H36N6/c1-30-10-9-15-40(47-30)33-20-16-31(17-21-33)37-26-38(32-18-22-34(23-19-32)41-29-45-24-25-46-41)28-39(27-37)44-49-42(35-11-5-3-6-12-35)48-43(50(44)2)36-13-7-4-8-14-36/h3-13,15-29,36,44H,14H2,1-2H3. The van der Waals surface area contributed by atoms with Gasteiger partial charge in [0.2, 0.25) is 0 Å². The van der Waals surface area contributed by atoms with E-state index in [1.165, 1.54) is 0 Å². The molecule has 2 aliphatic rings. The van der Waals surface area contributed by atoms with Crippen molar-refractivity contribution in [2.24, 2.45) is 15.9 Å². The minimum absolute atomic E-state index is 0.167. The Morgan fingerprint density at radius 2 is 1.34 bits per heavy atom. The van der Waals surface area contributed by atoms with Gasteiger partial charge in [-0.15, -0.1) is 0 Å². The Labute approximate surface area is 293 Å². The smallest absolute Gasteiger partial charge is 0.159 e. The lowest BCUT2D eigenvalue weighted by Gasteiger charge is -2.35. The first-order chi connectivity index (χ1) is 24.6. The first-order valence-corrected chi connectivity index (χ1v) is 16.9. The summed E-state index contributed by atoms with van der Waals surface area (Å²) in [6, 6.07) is 40.5. The van der Waals surface area contributed by atoms with Gasteiger partial charge < -0.3 is 4.90 Å². The molecule has 1 aliphatic carbocycles. The number of aromatic nitrogens is 3. The third-order valence-corrected chi connectivity index (χ3v) is 9.27. The molecule has 50 heavy (non-hydrogen) atoms. The number of aryl methyl sites for hydroxylation is 1.